The van der Waals surface area contributed by atoms with Gasteiger partial charge in [-0.15, -0.1) is 0 Å². The van der Waals surface area contributed by atoms with Crippen LogP contribution in [-0.4, -0.2) is 11.1 Å². The SMILES string of the molecule is CCCCCC[n+]1cccc(C(=O)O)c1.[Br-]. The van der Waals surface area contributed by atoms with Crippen LogP contribution >= 0.6 is 0 Å². The summed E-state index contributed by atoms with van der Waals surface area (Å²) in [4.78, 5) is 10.7. The lowest BCUT2D eigenvalue weighted by Gasteiger charge is -1.98. The molecule has 4 heteroatoms. The Morgan fingerprint density at radius 2 is 2.12 bits per heavy atom. The Bertz CT molecular complexity index is 329. The molecule has 1 heterocycles. The van der Waals surface area contributed by atoms with Gasteiger partial charge in [-0.2, -0.15) is 0 Å². The number of hydrogen-bond donors (Lipinski definition) is 1. The Labute approximate surface area is 107 Å². The molecule has 0 atom stereocenters. The van der Waals surface area contributed by atoms with Crippen LogP contribution in [0.4, 0.5) is 0 Å². The standard InChI is InChI=1S/C12H17NO2.BrH/c1-2-3-4-5-8-13-9-6-7-11(10-13)12(14)15;/h6-7,9-10H,2-5,8H2,1H3;1H. The van der Waals surface area contributed by atoms with Gasteiger partial charge >= 0.3 is 5.97 Å². The molecule has 0 aliphatic heterocycles. The zero-order valence-corrected chi connectivity index (χ0v) is 11.1. The van der Waals surface area contributed by atoms with Gasteiger partial charge in [-0.3, -0.25) is 0 Å². The van der Waals surface area contributed by atoms with Crippen molar-refractivity contribution in [3.8, 4) is 0 Å². The van der Waals surface area contributed by atoms with E-state index in [9.17, 15) is 4.79 Å². The number of carbonyl (C=O) groups is 1. The van der Waals surface area contributed by atoms with Gasteiger partial charge in [0.25, 0.3) is 0 Å². The smallest absolute Gasteiger partial charge is 0.341 e. The van der Waals surface area contributed by atoms with E-state index in [1.807, 2.05) is 10.8 Å². The Balaban J connectivity index is 0.00000225. The molecule has 0 fully saturated rings. The summed E-state index contributed by atoms with van der Waals surface area (Å²) in [5.74, 6) is -0.863. The molecule has 0 radical (unpaired) electrons. The number of carboxylic acids is 1. The molecule has 0 unspecified atom stereocenters. The fraction of sp³-hybridized carbons (Fsp3) is 0.500. The quantitative estimate of drug-likeness (QED) is 0.553. The first-order valence-electron chi connectivity index (χ1n) is 5.46. The number of aromatic carboxylic acids is 1. The second kappa shape index (κ2) is 8.28. The molecule has 0 spiro atoms. The molecule has 90 valence electrons. The van der Waals surface area contributed by atoms with E-state index in [1.54, 1.807) is 18.3 Å². The van der Waals surface area contributed by atoms with Crippen molar-refractivity contribution < 1.29 is 31.4 Å². The summed E-state index contributed by atoms with van der Waals surface area (Å²) >= 11 is 0. The maximum Gasteiger partial charge on any atom is 0.341 e. The first-order valence-corrected chi connectivity index (χ1v) is 5.46. The van der Waals surface area contributed by atoms with Crippen LogP contribution in [-0.2, 0) is 6.54 Å². The Kier molecular flexibility index (Phi) is 7.81. The summed E-state index contributed by atoms with van der Waals surface area (Å²) in [6, 6.07) is 3.40. The highest BCUT2D eigenvalue weighted by atomic mass is 79.9. The van der Waals surface area contributed by atoms with E-state index in [0.717, 1.165) is 13.0 Å². The first kappa shape index (κ1) is 15.1. The van der Waals surface area contributed by atoms with Crippen LogP contribution in [0.5, 0.6) is 0 Å². The van der Waals surface area contributed by atoms with E-state index in [4.69, 9.17) is 5.11 Å². The number of halogens is 1. The summed E-state index contributed by atoms with van der Waals surface area (Å²) in [6.45, 7) is 3.08. The topological polar surface area (TPSA) is 41.2 Å². The summed E-state index contributed by atoms with van der Waals surface area (Å²) in [6.07, 6.45) is 8.40. The third-order valence-corrected chi connectivity index (χ3v) is 2.38. The van der Waals surface area contributed by atoms with Crippen LogP contribution in [0.2, 0.25) is 0 Å². The highest BCUT2D eigenvalue weighted by Crippen LogP contribution is 1.99. The third-order valence-electron chi connectivity index (χ3n) is 2.38. The molecular formula is C12H18BrNO2. The van der Waals surface area contributed by atoms with Crippen molar-refractivity contribution in [2.24, 2.45) is 0 Å². The Hall–Kier alpha value is -0.900. The van der Waals surface area contributed by atoms with Gasteiger partial charge in [-0.1, -0.05) is 19.8 Å². The maximum absolute atomic E-state index is 10.7. The molecule has 1 aromatic heterocycles. The molecule has 0 aliphatic carbocycles. The van der Waals surface area contributed by atoms with Crippen LogP contribution < -0.4 is 21.5 Å². The molecule has 0 aromatic carbocycles. The summed E-state index contributed by atoms with van der Waals surface area (Å²) in [5, 5.41) is 8.81. The molecular weight excluding hydrogens is 270 g/mol. The normalized spacial score (nSPS) is 9.56. The van der Waals surface area contributed by atoms with Crippen molar-refractivity contribution in [2.75, 3.05) is 0 Å². The predicted molar refractivity (Wildman–Crippen MR) is 57.7 cm³/mol. The molecule has 0 saturated heterocycles. The van der Waals surface area contributed by atoms with Crippen molar-refractivity contribution in [1.82, 2.24) is 0 Å². The monoisotopic (exact) mass is 287 g/mol. The minimum Gasteiger partial charge on any atom is -1.00 e. The highest BCUT2D eigenvalue weighted by Gasteiger charge is 2.07. The lowest BCUT2D eigenvalue weighted by Crippen LogP contribution is -3.00. The maximum atomic E-state index is 10.7. The van der Waals surface area contributed by atoms with Crippen molar-refractivity contribution >= 4 is 5.97 Å². The Morgan fingerprint density at radius 3 is 2.75 bits per heavy atom. The lowest BCUT2D eigenvalue weighted by molar-refractivity contribution is -0.697. The molecule has 0 amide bonds. The lowest BCUT2D eigenvalue weighted by atomic mass is 10.2. The third kappa shape index (κ3) is 5.26. The summed E-state index contributed by atoms with van der Waals surface area (Å²) in [5.41, 5.74) is 0.355. The van der Waals surface area contributed by atoms with Crippen LogP contribution in [0, 0.1) is 0 Å². The number of pyridine rings is 1. The number of hydrogen-bond acceptors (Lipinski definition) is 1. The van der Waals surface area contributed by atoms with Crippen LogP contribution in [0.25, 0.3) is 0 Å². The number of unbranched alkanes of at least 4 members (excludes halogenated alkanes) is 3. The first-order chi connectivity index (χ1) is 7.24. The van der Waals surface area contributed by atoms with Gasteiger partial charge in [-0.25, -0.2) is 9.36 Å². The van der Waals surface area contributed by atoms with Gasteiger partial charge in [0, 0.05) is 12.5 Å². The fourth-order valence-corrected chi connectivity index (χ4v) is 1.51. The van der Waals surface area contributed by atoms with E-state index in [1.165, 1.54) is 19.3 Å². The van der Waals surface area contributed by atoms with Gasteiger partial charge in [0.1, 0.15) is 12.1 Å². The molecule has 1 rings (SSSR count). The fourth-order valence-electron chi connectivity index (χ4n) is 1.51. The number of aryl methyl sites for hydroxylation is 1. The molecule has 0 aliphatic rings. The largest absolute Gasteiger partial charge is 1.00 e. The number of aromatic nitrogens is 1. The minimum absolute atomic E-state index is 0. The van der Waals surface area contributed by atoms with Crippen molar-refractivity contribution in [1.29, 1.82) is 0 Å². The minimum atomic E-state index is -0.863. The molecule has 1 N–H and O–H groups in total. The summed E-state index contributed by atoms with van der Waals surface area (Å²) < 4.78 is 1.94. The zero-order valence-electron chi connectivity index (χ0n) is 9.53. The van der Waals surface area contributed by atoms with Crippen molar-refractivity contribution in [3.63, 3.8) is 0 Å². The van der Waals surface area contributed by atoms with Crippen LogP contribution in [0.15, 0.2) is 24.5 Å². The zero-order chi connectivity index (χ0) is 11.1. The van der Waals surface area contributed by atoms with Crippen molar-refractivity contribution in [2.45, 2.75) is 39.2 Å². The average Bonchev–Trinajstić information content (AvgIpc) is 2.25. The van der Waals surface area contributed by atoms with E-state index in [2.05, 4.69) is 6.92 Å². The molecule has 16 heavy (non-hydrogen) atoms. The Morgan fingerprint density at radius 1 is 1.38 bits per heavy atom. The molecule has 0 saturated carbocycles. The van der Waals surface area contributed by atoms with E-state index < -0.39 is 5.97 Å². The van der Waals surface area contributed by atoms with E-state index in [0.29, 0.717) is 5.56 Å². The van der Waals surface area contributed by atoms with Crippen molar-refractivity contribution in [3.05, 3.63) is 30.1 Å². The molecule has 3 nitrogen and oxygen atoms in total. The van der Waals surface area contributed by atoms with Gasteiger partial charge in [0.2, 0.25) is 0 Å². The highest BCUT2D eigenvalue weighted by molar-refractivity contribution is 5.86. The number of rotatable bonds is 6. The van der Waals surface area contributed by atoms with Crippen LogP contribution in [0.1, 0.15) is 43.0 Å². The summed E-state index contributed by atoms with van der Waals surface area (Å²) in [7, 11) is 0. The van der Waals surface area contributed by atoms with Gasteiger partial charge in [-0.05, 0) is 12.5 Å². The second-order valence-corrected chi connectivity index (χ2v) is 3.70. The van der Waals surface area contributed by atoms with E-state index >= 15 is 0 Å². The molecule has 1 aromatic rings. The predicted octanol–water partition coefficient (Wildman–Crippen LogP) is -0.743. The van der Waals surface area contributed by atoms with Gasteiger partial charge in [0.15, 0.2) is 12.4 Å². The van der Waals surface area contributed by atoms with E-state index in [-0.39, 0.29) is 17.0 Å². The molecule has 0 bridgehead atoms. The van der Waals surface area contributed by atoms with Crippen LogP contribution in [0.3, 0.4) is 0 Å². The average molecular weight is 288 g/mol. The second-order valence-electron chi connectivity index (χ2n) is 3.70. The van der Waals surface area contributed by atoms with Gasteiger partial charge < -0.3 is 22.1 Å². The van der Waals surface area contributed by atoms with Gasteiger partial charge in [0.05, 0.1) is 0 Å². The number of nitrogens with zero attached hydrogens (tertiary/aromatic N) is 1. The number of carboxylic acid groups (broad SMARTS) is 1.